The fourth-order valence-electron chi connectivity index (χ4n) is 9.43. The first kappa shape index (κ1) is 30.1. The molecule has 12 aromatic rings. The van der Waals surface area contributed by atoms with E-state index in [-0.39, 0.29) is 0 Å². The molecule has 256 valence electrons. The van der Waals surface area contributed by atoms with Crippen LogP contribution in [0.4, 0.5) is 0 Å². The number of rotatable bonds is 0. The average Bonchev–Trinajstić information content (AvgIpc) is 3.24. The fraction of sp³-hybridized carbons (Fsp3) is 0. The van der Waals surface area contributed by atoms with Crippen LogP contribution in [0.15, 0.2) is 194 Å². The minimum Gasteiger partial charge on any atom is -0.0537 e. The Kier molecular flexibility index (Phi) is 5.98. The van der Waals surface area contributed by atoms with Crippen molar-refractivity contribution < 1.29 is 0 Å². The predicted molar refractivity (Wildman–Crippen MR) is 242 cm³/mol. The van der Waals surface area contributed by atoms with E-state index < -0.39 is 0 Å². The summed E-state index contributed by atoms with van der Waals surface area (Å²) in [5.74, 6) is 0. The minimum absolute atomic E-state index is 1.24. The smallest absolute Gasteiger partial charge is 0.0171 e. The highest BCUT2D eigenvalue weighted by atomic mass is 14.1. The zero-order valence-electron chi connectivity index (χ0n) is 30.5. The highest BCUT2D eigenvalue weighted by molar-refractivity contribution is 6.06. The Labute approximate surface area is 323 Å². The zero-order chi connectivity index (χ0) is 36.5. The molecule has 0 saturated heterocycles. The van der Waals surface area contributed by atoms with Crippen molar-refractivity contribution in [3.05, 3.63) is 194 Å². The van der Waals surface area contributed by atoms with Crippen LogP contribution in [0.25, 0.3) is 131 Å². The van der Waals surface area contributed by atoms with Crippen LogP contribution in [-0.2, 0) is 0 Å². The normalized spacial score (nSPS) is 12.3. The summed E-state index contributed by atoms with van der Waals surface area (Å²) < 4.78 is 0. The van der Waals surface area contributed by atoms with Crippen LogP contribution in [0, 0.1) is 0 Å². The molecule has 0 saturated carbocycles. The molecule has 0 amide bonds. The van der Waals surface area contributed by atoms with E-state index in [1.807, 2.05) is 0 Å². The third kappa shape index (κ3) is 4.66. The van der Waals surface area contributed by atoms with Crippen molar-refractivity contribution in [2.45, 2.75) is 0 Å². The maximum atomic E-state index is 2.35. The van der Waals surface area contributed by atoms with E-state index in [0.717, 1.165) is 0 Å². The molecular weight excluding hydrogens is 673 g/mol. The quantitative estimate of drug-likeness (QED) is 0.138. The van der Waals surface area contributed by atoms with Gasteiger partial charge in [-0.2, -0.15) is 0 Å². The Balaban J connectivity index is 1.03. The third-order valence-corrected chi connectivity index (χ3v) is 12.5. The summed E-state index contributed by atoms with van der Waals surface area (Å²) in [5.41, 5.74) is 9.90. The van der Waals surface area contributed by atoms with E-state index in [1.165, 1.54) is 131 Å². The Morgan fingerprint density at radius 3 is 0.357 bits per heavy atom. The standard InChI is InChI=1S/C56H32/c1-9-41-25-51-19-35-3-11-43(51)26-49(41)17-33(1)34-2-10-42-28-52-21-37(4-12-44(52)27-50(42)18-34)38-6-14-47-32-56-24-40(8-16-48(56)31-54(47)22-38)39-7-15-46-29-53-20-36(35)5-13-45(53)30-55(46)23-39/h1-32H. The van der Waals surface area contributed by atoms with Crippen molar-refractivity contribution in [3.63, 3.8) is 0 Å². The van der Waals surface area contributed by atoms with Gasteiger partial charge in [-0.3, -0.25) is 0 Å². The van der Waals surface area contributed by atoms with E-state index in [9.17, 15) is 0 Å². The van der Waals surface area contributed by atoms with Crippen molar-refractivity contribution >= 4 is 86.2 Å². The second-order valence-corrected chi connectivity index (χ2v) is 15.9. The molecule has 38 rings (SSSR count). The van der Waals surface area contributed by atoms with Crippen LogP contribution < -0.4 is 0 Å². The molecule has 0 aromatic heterocycles. The van der Waals surface area contributed by atoms with Crippen molar-refractivity contribution in [2.75, 3.05) is 0 Å². The number of benzene rings is 12. The van der Waals surface area contributed by atoms with Gasteiger partial charge in [-0.15, -0.1) is 0 Å². The lowest BCUT2D eigenvalue weighted by Crippen LogP contribution is -1.85. The van der Waals surface area contributed by atoms with Crippen LogP contribution >= 0.6 is 0 Å². The molecule has 0 N–H and O–H groups in total. The minimum atomic E-state index is 1.24. The highest BCUT2D eigenvalue weighted by Gasteiger charge is 2.11. The molecular formula is C56H32. The molecule has 56 heavy (non-hydrogen) atoms. The molecule has 0 atom stereocenters. The van der Waals surface area contributed by atoms with Gasteiger partial charge < -0.3 is 0 Å². The van der Waals surface area contributed by atoms with Gasteiger partial charge in [-0.25, -0.2) is 0 Å². The molecule has 24 bridgehead atoms. The first-order chi connectivity index (χ1) is 27.6. The lowest BCUT2D eigenvalue weighted by Gasteiger charge is -2.12. The zero-order valence-corrected chi connectivity index (χ0v) is 30.5. The molecule has 0 nitrogen and oxygen atoms in total. The number of hydrogen-bond donors (Lipinski definition) is 0. The van der Waals surface area contributed by atoms with Crippen LogP contribution in [0.2, 0.25) is 0 Å². The number of hydrogen-bond acceptors (Lipinski definition) is 0. The maximum absolute atomic E-state index is 2.35. The van der Waals surface area contributed by atoms with Gasteiger partial charge in [-0.1, -0.05) is 97.1 Å². The first-order valence-electron chi connectivity index (χ1n) is 19.5. The molecule has 26 aliphatic carbocycles. The molecule has 0 heterocycles. The molecule has 26 aliphatic rings. The van der Waals surface area contributed by atoms with Gasteiger partial charge >= 0.3 is 0 Å². The Morgan fingerprint density at radius 1 is 0.107 bits per heavy atom. The molecule has 0 fully saturated rings. The molecule has 0 unspecified atom stereocenters. The molecule has 0 heteroatoms. The Hall–Kier alpha value is -7.28. The summed E-state index contributed by atoms with van der Waals surface area (Å²) in [6.07, 6.45) is 0. The largest absolute Gasteiger partial charge is 0.0537 e. The van der Waals surface area contributed by atoms with Crippen molar-refractivity contribution in [2.24, 2.45) is 0 Å². The van der Waals surface area contributed by atoms with Gasteiger partial charge in [0.25, 0.3) is 0 Å². The lowest BCUT2D eigenvalue weighted by atomic mass is 9.93. The van der Waals surface area contributed by atoms with Gasteiger partial charge in [0.1, 0.15) is 0 Å². The summed E-state index contributed by atoms with van der Waals surface area (Å²) in [7, 11) is 0. The molecule has 0 aliphatic heterocycles. The molecule has 12 aromatic carbocycles. The van der Waals surface area contributed by atoms with Gasteiger partial charge in [0.15, 0.2) is 0 Å². The van der Waals surface area contributed by atoms with E-state index in [2.05, 4.69) is 194 Å². The topological polar surface area (TPSA) is 0 Å². The Bertz CT molecular complexity index is 2960. The summed E-state index contributed by atoms with van der Waals surface area (Å²) in [6, 6.07) is 74.0. The van der Waals surface area contributed by atoms with E-state index in [1.54, 1.807) is 0 Å². The second-order valence-electron chi connectivity index (χ2n) is 15.9. The van der Waals surface area contributed by atoms with Crippen LogP contribution in [-0.4, -0.2) is 0 Å². The van der Waals surface area contributed by atoms with E-state index >= 15 is 0 Å². The Morgan fingerprint density at radius 2 is 0.232 bits per heavy atom. The molecule has 0 radical (unpaired) electrons. The van der Waals surface area contributed by atoms with Gasteiger partial charge in [-0.05, 0) is 228 Å². The van der Waals surface area contributed by atoms with Crippen molar-refractivity contribution in [1.29, 1.82) is 0 Å². The maximum Gasteiger partial charge on any atom is -0.0171 e. The van der Waals surface area contributed by atoms with Gasteiger partial charge in [0.2, 0.25) is 0 Å². The van der Waals surface area contributed by atoms with Gasteiger partial charge in [0, 0.05) is 0 Å². The summed E-state index contributed by atoms with van der Waals surface area (Å²) in [4.78, 5) is 0. The SMILES string of the molecule is c1cc2cc3cc4ccc3cc2cc1-c1ccc2cc3cc(ccc3cc2c1)-c1ccc2cc3cc(ccc3cc2c1)-c1ccc2cc3cc-4ccc3cc2c1. The first-order valence-corrected chi connectivity index (χ1v) is 19.5. The summed E-state index contributed by atoms with van der Waals surface area (Å²) >= 11 is 0. The monoisotopic (exact) mass is 704 g/mol. The van der Waals surface area contributed by atoms with Crippen molar-refractivity contribution in [1.82, 2.24) is 0 Å². The van der Waals surface area contributed by atoms with Crippen LogP contribution in [0.5, 0.6) is 0 Å². The fourth-order valence-corrected chi connectivity index (χ4v) is 9.43. The third-order valence-electron chi connectivity index (χ3n) is 12.5. The summed E-state index contributed by atoms with van der Waals surface area (Å²) in [5, 5.41) is 20.1. The van der Waals surface area contributed by atoms with Crippen molar-refractivity contribution in [3.8, 4) is 44.5 Å². The lowest BCUT2D eigenvalue weighted by molar-refractivity contribution is 1.66. The average molecular weight is 705 g/mol. The van der Waals surface area contributed by atoms with E-state index in [4.69, 9.17) is 0 Å². The van der Waals surface area contributed by atoms with Gasteiger partial charge in [0.05, 0.1) is 0 Å². The second kappa shape index (κ2) is 11.1. The van der Waals surface area contributed by atoms with Crippen LogP contribution in [0.1, 0.15) is 0 Å². The summed E-state index contributed by atoms with van der Waals surface area (Å²) in [6.45, 7) is 0. The highest BCUT2D eigenvalue weighted by Crippen LogP contribution is 2.37. The van der Waals surface area contributed by atoms with Crippen LogP contribution in [0.3, 0.4) is 0 Å². The van der Waals surface area contributed by atoms with E-state index in [0.29, 0.717) is 0 Å². The molecule has 0 spiro atoms. The predicted octanol–water partition coefficient (Wildman–Crippen LogP) is 15.9.